The molecular weight excluding hydrogens is 176 g/mol. The molecular formula is C11H20N2O. The molecule has 0 aromatic heterocycles. The van der Waals surface area contributed by atoms with Gasteiger partial charge in [0.2, 0.25) is 5.91 Å². The van der Waals surface area contributed by atoms with Crippen LogP contribution in [-0.2, 0) is 4.79 Å². The lowest BCUT2D eigenvalue weighted by molar-refractivity contribution is -0.123. The fraction of sp³-hybridized carbons (Fsp3) is 0.909. The number of carbonyl (C=O) groups excluding carboxylic acids is 1. The number of amides is 1. The highest BCUT2D eigenvalue weighted by atomic mass is 16.1. The van der Waals surface area contributed by atoms with E-state index in [1.54, 1.807) is 0 Å². The second-order valence-electron chi connectivity index (χ2n) is 5.48. The monoisotopic (exact) mass is 196 g/mol. The second kappa shape index (κ2) is 3.23. The summed E-state index contributed by atoms with van der Waals surface area (Å²) in [6.45, 7) is 3.05. The van der Waals surface area contributed by atoms with E-state index >= 15 is 0 Å². The van der Waals surface area contributed by atoms with Crippen LogP contribution in [0.3, 0.4) is 0 Å². The molecule has 0 radical (unpaired) electrons. The Morgan fingerprint density at radius 2 is 2.00 bits per heavy atom. The highest BCUT2D eigenvalue weighted by molar-refractivity contribution is 5.77. The summed E-state index contributed by atoms with van der Waals surface area (Å²) in [4.78, 5) is 11.5. The van der Waals surface area contributed by atoms with Gasteiger partial charge >= 0.3 is 0 Å². The number of rotatable bonds is 4. The van der Waals surface area contributed by atoms with Gasteiger partial charge < -0.3 is 11.1 Å². The van der Waals surface area contributed by atoms with Crippen LogP contribution < -0.4 is 11.1 Å². The van der Waals surface area contributed by atoms with Crippen LogP contribution in [0.2, 0.25) is 0 Å². The minimum atomic E-state index is -0.172. The molecule has 0 unspecified atom stereocenters. The molecule has 3 heteroatoms. The highest BCUT2D eigenvalue weighted by Crippen LogP contribution is 2.44. The fourth-order valence-corrected chi connectivity index (χ4v) is 1.89. The van der Waals surface area contributed by atoms with Crippen molar-refractivity contribution in [1.82, 2.24) is 5.32 Å². The smallest absolute Gasteiger partial charge is 0.221 e. The maximum absolute atomic E-state index is 11.5. The maximum Gasteiger partial charge on any atom is 0.221 e. The molecule has 3 N–H and O–H groups in total. The number of carbonyl (C=O) groups is 1. The van der Waals surface area contributed by atoms with Crippen molar-refractivity contribution in [2.75, 3.05) is 6.54 Å². The van der Waals surface area contributed by atoms with E-state index in [2.05, 4.69) is 12.2 Å². The Bertz CT molecular complexity index is 242. The first-order chi connectivity index (χ1) is 6.52. The van der Waals surface area contributed by atoms with Gasteiger partial charge in [0, 0.05) is 18.5 Å². The summed E-state index contributed by atoms with van der Waals surface area (Å²) < 4.78 is 0. The lowest BCUT2D eigenvalue weighted by Gasteiger charge is -2.37. The first-order valence-electron chi connectivity index (χ1n) is 5.57. The van der Waals surface area contributed by atoms with Crippen LogP contribution in [0.15, 0.2) is 0 Å². The molecule has 0 saturated heterocycles. The first kappa shape index (κ1) is 9.97. The summed E-state index contributed by atoms with van der Waals surface area (Å²) in [5.74, 6) is 0.139. The molecule has 0 aromatic carbocycles. The minimum absolute atomic E-state index is 0.139. The van der Waals surface area contributed by atoms with E-state index in [1.807, 2.05) is 0 Å². The van der Waals surface area contributed by atoms with Gasteiger partial charge in [0.1, 0.15) is 0 Å². The highest BCUT2D eigenvalue weighted by Gasteiger charge is 2.38. The van der Waals surface area contributed by atoms with Crippen molar-refractivity contribution >= 4 is 5.91 Å². The van der Waals surface area contributed by atoms with E-state index in [-0.39, 0.29) is 11.4 Å². The number of hydrogen-bond acceptors (Lipinski definition) is 2. The van der Waals surface area contributed by atoms with Gasteiger partial charge in [-0.3, -0.25) is 4.79 Å². The molecule has 1 amide bonds. The van der Waals surface area contributed by atoms with Crippen LogP contribution >= 0.6 is 0 Å². The van der Waals surface area contributed by atoms with Gasteiger partial charge in [-0.15, -0.1) is 0 Å². The van der Waals surface area contributed by atoms with Crippen molar-refractivity contribution in [2.24, 2.45) is 11.1 Å². The molecule has 0 bridgehead atoms. The summed E-state index contributed by atoms with van der Waals surface area (Å²) in [5, 5.41) is 2.99. The Hall–Kier alpha value is -0.570. The molecule has 0 atom stereocenters. The van der Waals surface area contributed by atoms with Gasteiger partial charge in [0.05, 0.1) is 0 Å². The van der Waals surface area contributed by atoms with Crippen molar-refractivity contribution in [3.8, 4) is 0 Å². The first-order valence-corrected chi connectivity index (χ1v) is 5.57. The van der Waals surface area contributed by atoms with Gasteiger partial charge in [-0.1, -0.05) is 6.92 Å². The lowest BCUT2D eigenvalue weighted by Crippen LogP contribution is -2.50. The van der Waals surface area contributed by atoms with Crippen LogP contribution in [-0.4, -0.2) is 18.0 Å². The molecule has 2 aliphatic carbocycles. The Balaban J connectivity index is 1.68. The Morgan fingerprint density at radius 3 is 2.43 bits per heavy atom. The third-order valence-corrected chi connectivity index (χ3v) is 3.68. The lowest BCUT2D eigenvalue weighted by atomic mass is 9.75. The molecule has 2 aliphatic rings. The van der Waals surface area contributed by atoms with Crippen molar-refractivity contribution in [2.45, 2.75) is 51.0 Å². The molecule has 2 fully saturated rings. The number of nitrogens with two attached hydrogens (primary N) is 1. The largest absolute Gasteiger partial charge is 0.355 e. The van der Waals surface area contributed by atoms with Gasteiger partial charge in [0.25, 0.3) is 0 Å². The van der Waals surface area contributed by atoms with Crippen LogP contribution in [0.25, 0.3) is 0 Å². The Morgan fingerprint density at radius 1 is 1.36 bits per heavy atom. The van der Waals surface area contributed by atoms with E-state index in [9.17, 15) is 4.79 Å². The third-order valence-electron chi connectivity index (χ3n) is 3.68. The molecule has 0 heterocycles. The van der Waals surface area contributed by atoms with Crippen LogP contribution in [0, 0.1) is 5.41 Å². The van der Waals surface area contributed by atoms with Crippen molar-refractivity contribution in [3.63, 3.8) is 0 Å². The fourth-order valence-electron chi connectivity index (χ4n) is 1.89. The summed E-state index contributed by atoms with van der Waals surface area (Å²) in [6, 6.07) is 0. The zero-order valence-corrected chi connectivity index (χ0v) is 8.94. The predicted octanol–water partition coefficient (Wildman–Crippen LogP) is 1.17. The van der Waals surface area contributed by atoms with Gasteiger partial charge in [0.15, 0.2) is 0 Å². The molecule has 0 aliphatic heterocycles. The van der Waals surface area contributed by atoms with E-state index in [0.29, 0.717) is 11.8 Å². The van der Waals surface area contributed by atoms with E-state index in [0.717, 1.165) is 19.4 Å². The predicted molar refractivity (Wildman–Crippen MR) is 55.7 cm³/mol. The Kier molecular flexibility index (Phi) is 2.30. The van der Waals surface area contributed by atoms with E-state index < -0.39 is 0 Å². The van der Waals surface area contributed by atoms with Crippen LogP contribution in [0.1, 0.15) is 45.4 Å². The standard InChI is InChI=1S/C11H20N2O/c1-10(5-6-10)8-13-9(14)7-11(12)3-2-4-11/h2-8,12H2,1H3,(H,13,14). The molecule has 2 saturated carbocycles. The number of hydrogen-bond donors (Lipinski definition) is 2. The minimum Gasteiger partial charge on any atom is -0.355 e. The summed E-state index contributed by atoms with van der Waals surface area (Å²) in [5.41, 5.74) is 6.23. The van der Waals surface area contributed by atoms with Crippen LogP contribution in [0.4, 0.5) is 0 Å². The van der Waals surface area contributed by atoms with Crippen molar-refractivity contribution in [3.05, 3.63) is 0 Å². The third kappa shape index (κ3) is 2.27. The average molecular weight is 196 g/mol. The maximum atomic E-state index is 11.5. The SMILES string of the molecule is CC1(CNC(=O)CC2(N)CCC2)CC1. The summed E-state index contributed by atoms with van der Waals surface area (Å²) >= 11 is 0. The molecule has 0 aromatic rings. The summed E-state index contributed by atoms with van der Waals surface area (Å²) in [6.07, 6.45) is 6.22. The quantitative estimate of drug-likeness (QED) is 0.709. The van der Waals surface area contributed by atoms with Crippen molar-refractivity contribution in [1.29, 1.82) is 0 Å². The van der Waals surface area contributed by atoms with Crippen LogP contribution in [0.5, 0.6) is 0 Å². The molecule has 14 heavy (non-hydrogen) atoms. The van der Waals surface area contributed by atoms with Gasteiger partial charge in [-0.25, -0.2) is 0 Å². The summed E-state index contributed by atoms with van der Waals surface area (Å²) in [7, 11) is 0. The average Bonchev–Trinajstić information content (AvgIpc) is 2.79. The normalized spacial score (nSPS) is 26.4. The van der Waals surface area contributed by atoms with E-state index in [1.165, 1.54) is 19.3 Å². The molecule has 80 valence electrons. The number of nitrogens with one attached hydrogen (secondary N) is 1. The second-order valence-corrected chi connectivity index (χ2v) is 5.48. The van der Waals surface area contributed by atoms with Gasteiger partial charge in [-0.2, -0.15) is 0 Å². The zero-order chi connectivity index (χ0) is 10.2. The molecule has 3 nitrogen and oxygen atoms in total. The Labute approximate surface area is 85.4 Å². The topological polar surface area (TPSA) is 55.1 Å². The van der Waals surface area contributed by atoms with Crippen molar-refractivity contribution < 1.29 is 4.79 Å². The zero-order valence-electron chi connectivity index (χ0n) is 8.94. The van der Waals surface area contributed by atoms with E-state index in [4.69, 9.17) is 5.73 Å². The molecule has 0 spiro atoms. The molecule has 2 rings (SSSR count). The van der Waals surface area contributed by atoms with Gasteiger partial charge in [-0.05, 0) is 37.5 Å².